The Morgan fingerprint density at radius 1 is 1.15 bits per heavy atom. The zero-order valence-electron chi connectivity index (χ0n) is 16.3. The number of likely N-dealkylation sites (tertiary alicyclic amines) is 1. The predicted molar refractivity (Wildman–Crippen MR) is 103 cm³/mol. The molecule has 2 fully saturated rings. The van der Waals surface area contributed by atoms with Crippen LogP contribution in [-0.2, 0) is 11.3 Å². The predicted octanol–water partition coefficient (Wildman–Crippen LogP) is 3.79. The fourth-order valence-corrected chi connectivity index (χ4v) is 5.94. The zero-order valence-corrected chi connectivity index (χ0v) is 16.3. The first-order valence-corrected chi connectivity index (χ1v) is 9.43. The lowest BCUT2D eigenvalue weighted by atomic mass is 9.52. The minimum absolute atomic E-state index is 0.0461. The van der Waals surface area contributed by atoms with Gasteiger partial charge in [0.2, 0.25) is 0 Å². The smallest absolute Gasteiger partial charge is 0.335 e. The van der Waals surface area contributed by atoms with Gasteiger partial charge in [0.15, 0.2) is 0 Å². The third-order valence-corrected chi connectivity index (χ3v) is 5.87. The van der Waals surface area contributed by atoms with E-state index in [1.54, 1.807) is 0 Å². The van der Waals surface area contributed by atoms with Gasteiger partial charge in [0, 0.05) is 32.3 Å². The van der Waals surface area contributed by atoms with E-state index >= 15 is 0 Å². The van der Waals surface area contributed by atoms with Crippen molar-refractivity contribution in [2.75, 3.05) is 19.7 Å². The minimum Gasteiger partial charge on any atom is -0.423 e. The molecule has 2 unspecified atom stereocenters. The van der Waals surface area contributed by atoms with Gasteiger partial charge in [-0.1, -0.05) is 39.5 Å². The van der Waals surface area contributed by atoms with Crippen LogP contribution in [0.5, 0.6) is 5.75 Å². The Bertz CT molecular complexity index is 663. The first-order chi connectivity index (χ1) is 12.2. The van der Waals surface area contributed by atoms with Crippen LogP contribution in [0.1, 0.15) is 45.6 Å². The largest absolute Gasteiger partial charge is 0.423 e. The van der Waals surface area contributed by atoms with Crippen molar-refractivity contribution in [2.45, 2.75) is 46.6 Å². The zero-order chi connectivity index (χ0) is 19.0. The number of fused-ring (bicyclic) bond motifs is 2. The van der Waals surface area contributed by atoms with Crippen LogP contribution in [-0.4, -0.2) is 35.7 Å². The molecule has 0 amide bonds. The summed E-state index contributed by atoms with van der Waals surface area (Å²) in [6.45, 7) is 13.7. The maximum atomic E-state index is 11.3. The average Bonchev–Trinajstić information content (AvgIpc) is 2.53. The minimum atomic E-state index is -0.436. The van der Waals surface area contributed by atoms with E-state index in [4.69, 9.17) is 4.74 Å². The second-order valence-corrected chi connectivity index (χ2v) is 9.53. The Hall–Kier alpha value is -1.65. The summed E-state index contributed by atoms with van der Waals surface area (Å²) in [5, 5.41) is 9.89. The van der Waals surface area contributed by atoms with E-state index in [0.29, 0.717) is 5.75 Å². The Labute approximate surface area is 156 Å². The number of esters is 1. The number of carbonyl (C=O) groups excluding carboxylic acids is 1. The Morgan fingerprint density at radius 3 is 2.23 bits per heavy atom. The second-order valence-electron chi connectivity index (χ2n) is 9.53. The average molecular weight is 357 g/mol. The molecule has 26 heavy (non-hydrogen) atoms. The summed E-state index contributed by atoms with van der Waals surface area (Å²) in [4.78, 5) is 13.8. The van der Waals surface area contributed by atoms with Crippen LogP contribution in [0.25, 0.3) is 0 Å². The molecule has 2 aliphatic rings. The van der Waals surface area contributed by atoms with E-state index in [2.05, 4.69) is 32.3 Å². The van der Waals surface area contributed by atoms with E-state index in [-0.39, 0.29) is 22.9 Å². The van der Waals surface area contributed by atoms with Crippen molar-refractivity contribution in [2.24, 2.45) is 16.2 Å². The highest BCUT2D eigenvalue weighted by molar-refractivity contribution is 5.83. The summed E-state index contributed by atoms with van der Waals surface area (Å²) in [5.41, 5.74) is 1.77. The monoisotopic (exact) mass is 357 g/mol. The van der Waals surface area contributed by atoms with Crippen LogP contribution < -0.4 is 4.74 Å². The first kappa shape index (κ1) is 19.1. The van der Waals surface area contributed by atoms with Gasteiger partial charge in [-0.15, -0.1) is 0 Å². The van der Waals surface area contributed by atoms with Gasteiger partial charge in [-0.05, 0) is 53.2 Å². The van der Waals surface area contributed by atoms with Crippen LogP contribution >= 0.6 is 0 Å². The number of carbonyl (C=O) groups is 1. The number of benzene rings is 1. The molecule has 0 aromatic heterocycles. The van der Waals surface area contributed by atoms with Crippen molar-refractivity contribution in [1.29, 1.82) is 0 Å². The fraction of sp³-hybridized carbons (Fsp3) is 0.591. The molecule has 0 spiro atoms. The van der Waals surface area contributed by atoms with Gasteiger partial charge in [-0.2, -0.15) is 0 Å². The molecule has 142 valence electrons. The van der Waals surface area contributed by atoms with Crippen LogP contribution in [0.3, 0.4) is 0 Å². The number of ether oxygens (including phenoxy) is 1. The molecular weight excluding hydrogens is 326 g/mol. The van der Waals surface area contributed by atoms with E-state index in [9.17, 15) is 9.90 Å². The SMILES string of the molecule is C=CC(=O)Oc1ccc(CN2CC3(C)CC(C)(CO)CC(C)(C2)C3)cc1. The van der Waals surface area contributed by atoms with Gasteiger partial charge in [0.25, 0.3) is 0 Å². The highest BCUT2D eigenvalue weighted by Crippen LogP contribution is 2.57. The molecule has 4 heteroatoms. The van der Waals surface area contributed by atoms with Crippen LogP contribution in [0.4, 0.5) is 0 Å². The normalized spacial score (nSPS) is 34.3. The van der Waals surface area contributed by atoms with Gasteiger partial charge < -0.3 is 9.84 Å². The van der Waals surface area contributed by atoms with Crippen molar-refractivity contribution >= 4 is 5.97 Å². The lowest BCUT2D eigenvalue weighted by Gasteiger charge is -2.59. The second kappa shape index (κ2) is 6.82. The summed E-state index contributed by atoms with van der Waals surface area (Å²) in [5.74, 6) is 0.112. The number of hydrogen-bond donors (Lipinski definition) is 1. The molecule has 2 atom stereocenters. The first-order valence-electron chi connectivity index (χ1n) is 9.43. The molecule has 1 aromatic carbocycles. The number of aliphatic hydroxyl groups is 1. The summed E-state index contributed by atoms with van der Waals surface area (Å²) >= 11 is 0. The summed E-state index contributed by atoms with van der Waals surface area (Å²) in [7, 11) is 0. The van der Waals surface area contributed by atoms with E-state index in [1.807, 2.05) is 24.3 Å². The van der Waals surface area contributed by atoms with Crippen LogP contribution in [0, 0.1) is 16.2 Å². The quantitative estimate of drug-likeness (QED) is 0.495. The molecule has 1 aliphatic carbocycles. The molecule has 1 aliphatic heterocycles. The molecule has 0 radical (unpaired) electrons. The molecule has 3 rings (SSSR count). The third kappa shape index (κ3) is 4.18. The van der Waals surface area contributed by atoms with Gasteiger partial charge in [0.05, 0.1) is 0 Å². The molecule has 2 bridgehead atoms. The van der Waals surface area contributed by atoms with Gasteiger partial charge in [-0.25, -0.2) is 4.79 Å². The molecular formula is C22H31NO3. The highest BCUT2D eigenvalue weighted by Gasteiger charge is 2.52. The summed E-state index contributed by atoms with van der Waals surface area (Å²) in [6.07, 6.45) is 4.57. The fourth-order valence-electron chi connectivity index (χ4n) is 5.94. The number of rotatable bonds is 5. The molecule has 1 N–H and O–H groups in total. The van der Waals surface area contributed by atoms with Crippen LogP contribution in [0.15, 0.2) is 36.9 Å². The lowest BCUT2D eigenvalue weighted by molar-refractivity contribution is -0.128. The summed E-state index contributed by atoms with van der Waals surface area (Å²) in [6, 6.07) is 7.73. The summed E-state index contributed by atoms with van der Waals surface area (Å²) < 4.78 is 5.14. The molecule has 1 saturated carbocycles. The van der Waals surface area contributed by atoms with Crippen LogP contribution in [0.2, 0.25) is 0 Å². The molecule has 1 aromatic rings. The van der Waals surface area contributed by atoms with Crippen molar-refractivity contribution < 1.29 is 14.6 Å². The van der Waals surface area contributed by atoms with Crippen molar-refractivity contribution in [1.82, 2.24) is 4.90 Å². The van der Waals surface area contributed by atoms with Crippen molar-refractivity contribution in [3.05, 3.63) is 42.5 Å². The topological polar surface area (TPSA) is 49.8 Å². The number of piperidine rings is 1. The standard InChI is InChI=1S/C22H31NO3/c1-5-19(25)26-18-8-6-17(7-9-18)10-23-14-20(2)11-21(3,15-23)13-22(4,12-20)16-24/h5-9,24H,1,10-16H2,2-4H3. The third-order valence-electron chi connectivity index (χ3n) is 5.87. The Balaban J connectivity index is 1.68. The van der Waals surface area contributed by atoms with Gasteiger partial charge in [0.1, 0.15) is 5.75 Å². The van der Waals surface area contributed by atoms with E-state index in [1.165, 1.54) is 18.1 Å². The van der Waals surface area contributed by atoms with Gasteiger partial charge >= 0.3 is 5.97 Å². The number of nitrogens with zero attached hydrogens (tertiary/aromatic N) is 1. The highest BCUT2D eigenvalue weighted by atomic mass is 16.5. The van der Waals surface area contributed by atoms with E-state index in [0.717, 1.165) is 32.5 Å². The Morgan fingerprint density at radius 2 is 1.73 bits per heavy atom. The number of aliphatic hydroxyl groups excluding tert-OH is 1. The van der Waals surface area contributed by atoms with E-state index < -0.39 is 5.97 Å². The molecule has 1 heterocycles. The van der Waals surface area contributed by atoms with Crippen molar-refractivity contribution in [3.63, 3.8) is 0 Å². The Kier molecular flexibility index (Phi) is 5.02. The number of hydrogen-bond acceptors (Lipinski definition) is 4. The van der Waals surface area contributed by atoms with Gasteiger partial charge in [-0.3, -0.25) is 4.90 Å². The maximum Gasteiger partial charge on any atom is 0.335 e. The maximum absolute atomic E-state index is 11.3. The lowest BCUT2D eigenvalue weighted by Crippen LogP contribution is -2.57. The van der Waals surface area contributed by atoms with Crippen molar-refractivity contribution in [3.8, 4) is 5.75 Å². The molecule has 4 nitrogen and oxygen atoms in total. The molecule has 1 saturated heterocycles.